The van der Waals surface area contributed by atoms with Gasteiger partial charge in [-0.25, -0.2) is 4.39 Å². The summed E-state index contributed by atoms with van der Waals surface area (Å²) >= 11 is 13.6. The van der Waals surface area contributed by atoms with Crippen LogP contribution < -0.4 is 9.46 Å². The van der Waals surface area contributed by atoms with E-state index in [-0.39, 0.29) is 11.6 Å². The number of ether oxygens (including phenoxy) is 2. The molecule has 35 heavy (non-hydrogen) atoms. The second-order valence-corrected chi connectivity index (χ2v) is 10.7. The third-order valence-electron chi connectivity index (χ3n) is 6.71. The van der Waals surface area contributed by atoms with Crippen molar-refractivity contribution in [2.75, 3.05) is 39.7 Å². The fourth-order valence-electron chi connectivity index (χ4n) is 4.71. The molecule has 2 aromatic carbocycles. The molecule has 1 saturated carbocycles. The number of rotatable bonds is 10. The molecule has 1 amide bonds. The number of nitrogens with one attached hydrogen (secondary N) is 1. The van der Waals surface area contributed by atoms with Crippen LogP contribution in [0.2, 0.25) is 10.0 Å². The summed E-state index contributed by atoms with van der Waals surface area (Å²) in [5.74, 6) is 0.314. The van der Waals surface area contributed by atoms with Crippen LogP contribution >= 0.6 is 35.1 Å². The van der Waals surface area contributed by atoms with Crippen LogP contribution in [0.4, 0.5) is 4.39 Å². The SMILES string of the molecule is COCC(c1cc(Cl)cc(Cl)c1)N1CCC(COc2cc(F)c(C(=O)NSC)cc2C2CC2)CC1. The molecule has 0 bridgehead atoms. The number of methoxy groups -OCH3 is 1. The van der Waals surface area contributed by atoms with Crippen molar-refractivity contribution in [3.05, 3.63) is 62.9 Å². The van der Waals surface area contributed by atoms with Crippen LogP contribution in [-0.4, -0.2) is 50.5 Å². The molecule has 190 valence electrons. The minimum atomic E-state index is -0.548. The first-order valence-electron chi connectivity index (χ1n) is 11.9. The monoisotopic (exact) mass is 540 g/mol. The number of hydrogen-bond donors (Lipinski definition) is 1. The number of nitrogens with zero attached hydrogens (tertiary/aromatic N) is 1. The Hall–Kier alpha value is -1.51. The van der Waals surface area contributed by atoms with Gasteiger partial charge in [0.15, 0.2) is 0 Å². The topological polar surface area (TPSA) is 50.8 Å². The van der Waals surface area contributed by atoms with Crippen molar-refractivity contribution >= 4 is 41.1 Å². The van der Waals surface area contributed by atoms with Crippen LogP contribution in [0.3, 0.4) is 0 Å². The molecule has 1 saturated heterocycles. The molecule has 1 aliphatic heterocycles. The lowest BCUT2D eigenvalue weighted by Gasteiger charge is -2.37. The summed E-state index contributed by atoms with van der Waals surface area (Å²) in [4.78, 5) is 14.6. The van der Waals surface area contributed by atoms with E-state index in [0.717, 1.165) is 61.8 Å². The van der Waals surface area contributed by atoms with Crippen LogP contribution in [-0.2, 0) is 4.74 Å². The van der Waals surface area contributed by atoms with Crippen molar-refractivity contribution in [1.29, 1.82) is 0 Å². The van der Waals surface area contributed by atoms with Gasteiger partial charge in [-0.2, -0.15) is 0 Å². The van der Waals surface area contributed by atoms with Crippen LogP contribution in [0.1, 0.15) is 59.1 Å². The molecular formula is C26H31Cl2FN2O3S. The Kier molecular flexibility index (Phi) is 9.22. The van der Waals surface area contributed by atoms with Gasteiger partial charge in [-0.05, 0) is 86.0 Å². The molecule has 5 nitrogen and oxygen atoms in total. The fourth-order valence-corrected chi connectivity index (χ4v) is 5.55. The highest BCUT2D eigenvalue weighted by atomic mass is 35.5. The van der Waals surface area contributed by atoms with E-state index in [1.165, 1.54) is 6.07 Å². The van der Waals surface area contributed by atoms with E-state index in [2.05, 4.69) is 9.62 Å². The number of halogens is 3. The first-order valence-corrected chi connectivity index (χ1v) is 13.9. The van der Waals surface area contributed by atoms with E-state index in [1.54, 1.807) is 25.5 Å². The van der Waals surface area contributed by atoms with Gasteiger partial charge in [-0.1, -0.05) is 35.1 Å². The third kappa shape index (κ3) is 6.83. The molecule has 1 unspecified atom stereocenters. The van der Waals surface area contributed by atoms with E-state index >= 15 is 0 Å². The first-order chi connectivity index (χ1) is 16.9. The average molecular weight is 542 g/mol. The Balaban J connectivity index is 1.38. The highest BCUT2D eigenvalue weighted by Crippen LogP contribution is 2.45. The number of carbonyl (C=O) groups is 1. The molecule has 2 aliphatic rings. The van der Waals surface area contributed by atoms with Crippen molar-refractivity contribution in [3.8, 4) is 5.75 Å². The van der Waals surface area contributed by atoms with Crippen molar-refractivity contribution < 1.29 is 18.7 Å². The lowest BCUT2D eigenvalue weighted by Crippen LogP contribution is -2.39. The summed E-state index contributed by atoms with van der Waals surface area (Å²) in [5.41, 5.74) is 2.06. The van der Waals surface area contributed by atoms with Gasteiger partial charge < -0.3 is 9.47 Å². The summed E-state index contributed by atoms with van der Waals surface area (Å²) in [5, 5.41) is 1.24. The number of carbonyl (C=O) groups excluding carboxylic acids is 1. The highest BCUT2D eigenvalue weighted by molar-refractivity contribution is 7.97. The maximum atomic E-state index is 14.7. The Labute approximate surface area is 220 Å². The molecule has 0 aromatic heterocycles. The van der Waals surface area contributed by atoms with Crippen molar-refractivity contribution in [2.24, 2.45) is 5.92 Å². The predicted octanol–water partition coefficient (Wildman–Crippen LogP) is 6.50. The van der Waals surface area contributed by atoms with E-state index in [0.29, 0.717) is 40.8 Å². The van der Waals surface area contributed by atoms with Crippen LogP contribution in [0.25, 0.3) is 0 Å². The maximum Gasteiger partial charge on any atom is 0.264 e. The van der Waals surface area contributed by atoms with Gasteiger partial charge >= 0.3 is 0 Å². The van der Waals surface area contributed by atoms with Gasteiger partial charge in [-0.15, -0.1) is 0 Å². The molecule has 9 heteroatoms. The number of piperidine rings is 1. The Morgan fingerprint density at radius 2 is 1.83 bits per heavy atom. The zero-order chi connectivity index (χ0) is 24.9. The summed E-state index contributed by atoms with van der Waals surface area (Å²) in [6, 6.07) is 8.76. The molecule has 4 rings (SSSR count). The van der Waals surface area contributed by atoms with Crippen LogP contribution in [0.15, 0.2) is 30.3 Å². The standard InChI is InChI=1S/C26H31Cl2FN2O3S/c1-33-15-24(18-9-19(27)11-20(28)10-18)31-7-5-16(6-8-31)14-34-25-13-23(29)22(26(32)30-35-2)12-21(25)17-3-4-17/h9-13,16-17,24H,3-8,14-15H2,1-2H3,(H,30,32). The van der Waals surface area contributed by atoms with Crippen LogP contribution in [0, 0.1) is 11.7 Å². The summed E-state index contributed by atoms with van der Waals surface area (Å²) in [6.07, 6.45) is 5.74. The zero-order valence-electron chi connectivity index (χ0n) is 20.0. The molecule has 0 radical (unpaired) electrons. The smallest absolute Gasteiger partial charge is 0.264 e. The molecule has 0 spiro atoms. The normalized spacial score (nSPS) is 17.9. The molecular weight excluding hydrogens is 510 g/mol. The van der Waals surface area contributed by atoms with Crippen molar-refractivity contribution in [2.45, 2.75) is 37.6 Å². The van der Waals surface area contributed by atoms with E-state index in [1.807, 2.05) is 12.1 Å². The quantitative estimate of drug-likeness (QED) is 0.348. The Morgan fingerprint density at radius 1 is 1.14 bits per heavy atom. The molecule has 1 aliphatic carbocycles. The molecule has 2 fully saturated rings. The third-order valence-corrected chi connectivity index (χ3v) is 7.54. The summed E-state index contributed by atoms with van der Waals surface area (Å²) in [6.45, 7) is 2.87. The first kappa shape index (κ1) is 26.6. The van der Waals surface area contributed by atoms with Crippen LogP contribution in [0.5, 0.6) is 5.75 Å². The highest BCUT2D eigenvalue weighted by Gasteiger charge is 2.31. The Morgan fingerprint density at radius 3 is 2.43 bits per heavy atom. The zero-order valence-corrected chi connectivity index (χ0v) is 22.3. The predicted molar refractivity (Wildman–Crippen MR) is 140 cm³/mol. The van der Waals surface area contributed by atoms with Gasteiger partial charge in [0.1, 0.15) is 11.6 Å². The summed E-state index contributed by atoms with van der Waals surface area (Å²) < 4.78 is 29.0. The molecule has 1 heterocycles. The van der Waals surface area contributed by atoms with Crippen molar-refractivity contribution in [1.82, 2.24) is 9.62 Å². The van der Waals surface area contributed by atoms with Gasteiger partial charge in [0.05, 0.1) is 24.8 Å². The minimum Gasteiger partial charge on any atom is -0.493 e. The second-order valence-electron chi connectivity index (χ2n) is 9.24. The van der Waals surface area contributed by atoms with Crippen molar-refractivity contribution in [3.63, 3.8) is 0 Å². The summed E-state index contributed by atoms with van der Waals surface area (Å²) in [7, 11) is 1.70. The molecule has 2 aromatic rings. The average Bonchev–Trinajstić information content (AvgIpc) is 3.66. The maximum absolute atomic E-state index is 14.7. The molecule has 1 atom stereocenters. The number of likely N-dealkylation sites (tertiary alicyclic amines) is 1. The number of amides is 1. The fraction of sp³-hybridized carbons (Fsp3) is 0.500. The van der Waals surface area contributed by atoms with E-state index < -0.39 is 11.7 Å². The Bertz CT molecular complexity index is 1030. The van der Waals surface area contributed by atoms with Gasteiger partial charge in [0.25, 0.3) is 5.91 Å². The lowest BCUT2D eigenvalue weighted by atomic mass is 9.95. The number of hydrogen-bond acceptors (Lipinski definition) is 5. The van der Waals surface area contributed by atoms with Gasteiger partial charge in [0, 0.05) is 29.5 Å². The second kappa shape index (κ2) is 12.2. The van der Waals surface area contributed by atoms with Gasteiger partial charge in [-0.3, -0.25) is 14.4 Å². The van der Waals surface area contributed by atoms with E-state index in [9.17, 15) is 9.18 Å². The molecule has 1 N–H and O–H groups in total. The lowest BCUT2D eigenvalue weighted by molar-refractivity contribution is 0.0556. The largest absolute Gasteiger partial charge is 0.493 e. The van der Waals surface area contributed by atoms with Gasteiger partial charge in [0.2, 0.25) is 0 Å². The van der Waals surface area contributed by atoms with E-state index in [4.69, 9.17) is 32.7 Å². The minimum absolute atomic E-state index is 0.0761. The number of benzene rings is 2.